The maximum atomic E-state index is 11.7. The topological polar surface area (TPSA) is 104 Å². The van der Waals surface area contributed by atoms with Crippen molar-refractivity contribution < 1.29 is 19.4 Å². The molecule has 0 fully saturated rings. The number of nitrogens with one attached hydrogen (secondary N) is 2. The third-order valence-electron chi connectivity index (χ3n) is 2.67. The lowest BCUT2D eigenvalue weighted by Crippen LogP contribution is -2.06. The number of carbonyl (C=O) groups is 1. The van der Waals surface area contributed by atoms with Crippen LogP contribution < -0.4 is 15.0 Å². The van der Waals surface area contributed by atoms with Gasteiger partial charge in [-0.25, -0.2) is 4.79 Å². The molecule has 7 nitrogen and oxygen atoms in total. The van der Waals surface area contributed by atoms with Gasteiger partial charge in [0, 0.05) is 11.6 Å². The summed E-state index contributed by atoms with van der Waals surface area (Å²) >= 11 is 0. The van der Waals surface area contributed by atoms with Gasteiger partial charge in [-0.05, 0) is 12.1 Å². The van der Waals surface area contributed by atoms with Gasteiger partial charge in [0.1, 0.15) is 11.5 Å². The molecule has 100 valence electrons. The minimum Gasteiger partial charge on any atom is -0.497 e. The Balaban J connectivity index is 2.68. The fraction of sp³-hybridized carbons (Fsp3) is 0.167. The molecule has 0 aliphatic carbocycles. The highest BCUT2D eigenvalue weighted by atomic mass is 16.5. The lowest BCUT2D eigenvalue weighted by Gasteiger charge is -2.09. The van der Waals surface area contributed by atoms with Crippen LogP contribution in [0.15, 0.2) is 23.0 Å². The highest BCUT2D eigenvalue weighted by Gasteiger charge is 2.21. The maximum absolute atomic E-state index is 11.7. The molecule has 0 saturated heterocycles. The van der Waals surface area contributed by atoms with Crippen LogP contribution >= 0.6 is 0 Å². The van der Waals surface area contributed by atoms with Crippen LogP contribution in [-0.4, -0.2) is 35.5 Å². The molecule has 1 aromatic heterocycles. The molecule has 0 atom stereocenters. The molecule has 0 saturated carbocycles. The molecule has 0 spiro atoms. The zero-order chi connectivity index (χ0) is 14.0. The van der Waals surface area contributed by atoms with Crippen molar-refractivity contribution in [3.63, 3.8) is 0 Å². The summed E-state index contributed by atoms with van der Waals surface area (Å²) in [7, 11) is 2.93. The molecule has 3 N–H and O–H groups in total. The largest absolute Gasteiger partial charge is 0.497 e. The van der Waals surface area contributed by atoms with Crippen LogP contribution in [0.2, 0.25) is 0 Å². The smallest absolute Gasteiger partial charge is 0.354 e. The predicted octanol–water partition coefficient (Wildman–Crippen LogP) is 1.09. The number of benzene rings is 1. The van der Waals surface area contributed by atoms with Crippen molar-refractivity contribution in [2.45, 2.75) is 0 Å². The Morgan fingerprint density at radius 1 is 1.21 bits per heavy atom. The van der Waals surface area contributed by atoms with E-state index in [1.165, 1.54) is 14.2 Å². The van der Waals surface area contributed by atoms with Gasteiger partial charge in [-0.1, -0.05) is 0 Å². The first-order valence-corrected chi connectivity index (χ1v) is 5.34. The molecular formula is C12H12N2O5. The second kappa shape index (κ2) is 4.89. The van der Waals surface area contributed by atoms with Crippen molar-refractivity contribution in [3.05, 3.63) is 34.2 Å². The second-order valence-electron chi connectivity index (χ2n) is 3.70. The Morgan fingerprint density at radius 3 is 2.53 bits per heavy atom. The molecular weight excluding hydrogens is 252 g/mol. The average Bonchev–Trinajstić information content (AvgIpc) is 2.80. The van der Waals surface area contributed by atoms with Crippen LogP contribution in [0.3, 0.4) is 0 Å². The Hall–Kier alpha value is -2.70. The summed E-state index contributed by atoms with van der Waals surface area (Å²) in [6, 6.07) is 4.77. The van der Waals surface area contributed by atoms with Gasteiger partial charge < -0.3 is 14.6 Å². The second-order valence-corrected chi connectivity index (χ2v) is 3.70. The van der Waals surface area contributed by atoms with Gasteiger partial charge in [-0.2, -0.15) is 0 Å². The summed E-state index contributed by atoms with van der Waals surface area (Å²) in [6.45, 7) is 0. The van der Waals surface area contributed by atoms with Crippen molar-refractivity contribution in [3.8, 4) is 22.6 Å². The van der Waals surface area contributed by atoms with E-state index in [4.69, 9.17) is 14.6 Å². The molecule has 0 aliphatic heterocycles. The Morgan fingerprint density at radius 2 is 1.95 bits per heavy atom. The van der Waals surface area contributed by atoms with Crippen LogP contribution in [-0.2, 0) is 0 Å². The zero-order valence-electron chi connectivity index (χ0n) is 10.3. The van der Waals surface area contributed by atoms with E-state index >= 15 is 0 Å². The van der Waals surface area contributed by atoms with Crippen molar-refractivity contribution in [1.29, 1.82) is 0 Å². The molecule has 0 radical (unpaired) electrons. The van der Waals surface area contributed by atoms with E-state index in [0.29, 0.717) is 17.1 Å². The molecule has 2 aromatic rings. The van der Waals surface area contributed by atoms with Crippen molar-refractivity contribution in [2.75, 3.05) is 14.2 Å². The van der Waals surface area contributed by atoms with Crippen LogP contribution in [0.1, 0.15) is 10.5 Å². The van der Waals surface area contributed by atoms with Gasteiger partial charge in [0.05, 0.1) is 19.8 Å². The van der Waals surface area contributed by atoms with Crippen LogP contribution in [0, 0.1) is 0 Å². The fourth-order valence-corrected chi connectivity index (χ4v) is 1.78. The molecule has 0 bridgehead atoms. The van der Waals surface area contributed by atoms with E-state index in [2.05, 4.69) is 10.2 Å². The number of carboxylic acid groups (broad SMARTS) is 1. The maximum Gasteiger partial charge on any atom is 0.354 e. The lowest BCUT2D eigenvalue weighted by atomic mass is 10.0. The first-order chi connectivity index (χ1) is 9.08. The number of aromatic nitrogens is 2. The zero-order valence-corrected chi connectivity index (χ0v) is 10.3. The molecule has 1 heterocycles. The molecule has 0 unspecified atom stereocenters. The lowest BCUT2D eigenvalue weighted by molar-refractivity contribution is 0.0691. The highest BCUT2D eigenvalue weighted by Crippen LogP contribution is 2.32. The predicted molar refractivity (Wildman–Crippen MR) is 66.9 cm³/mol. The van der Waals surface area contributed by atoms with Gasteiger partial charge in [-0.3, -0.25) is 15.0 Å². The molecule has 0 aliphatic rings. The van der Waals surface area contributed by atoms with Crippen LogP contribution in [0.25, 0.3) is 11.1 Å². The Kier molecular flexibility index (Phi) is 3.28. The summed E-state index contributed by atoms with van der Waals surface area (Å²) in [6.07, 6.45) is 0. The van der Waals surface area contributed by atoms with E-state index in [0.717, 1.165) is 0 Å². The highest BCUT2D eigenvalue weighted by molar-refractivity contribution is 5.94. The van der Waals surface area contributed by atoms with E-state index in [9.17, 15) is 9.59 Å². The Labute approximate surface area is 107 Å². The summed E-state index contributed by atoms with van der Waals surface area (Å²) in [5.41, 5.74) is -0.343. The molecule has 2 rings (SSSR count). The van der Waals surface area contributed by atoms with Crippen molar-refractivity contribution >= 4 is 5.97 Å². The number of rotatable bonds is 4. The quantitative estimate of drug-likeness (QED) is 0.766. The minimum atomic E-state index is -1.23. The van der Waals surface area contributed by atoms with E-state index in [1.807, 2.05) is 0 Å². The van der Waals surface area contributed by atoms with Crippen LogP contribution in [0.4, 0.5) is 0 Å². The van der Waals surface area contributed by atoms with Gasteiger partial charge in [-0.15, -0.1) is 0 Å². The number of aromatic amines is 2. The molecule has 1 aromatic carbocycles. The molecule has 19 heavy (non-hydrogen) atoms. The fourth-order valence-electron chi connectivity index (χ4n) is 1.78. The van der Waals surface area contributed by atoms with Crippen LogP contribution in [0.5, 0.6) is 11.5 Å². The van der Waals surface area contributed by atoms with Crippen molar-refractivity contribution in [1.82, 2.24) is 10.2 Å². The third kappa shape index (κ3) is 2.17. The SMILES string of the molecule is COc1ccc(-c2c(C(=O)O)[nH][nH]c2=O)c(OC)c1. The van der Waals surface area contributed by atoms with Crippen molar-refractivity contribution in [2.24, 2.45) is 0 Å². The summed E-state index contributed by atoms with van der Waals surface area (Å²) in [5.74, 6) is -0.331. The summed E-state index contributed by atoms with van der Waals surface area (Å²) in [5, 5.41) is 13.6. The number of methoxy groups -OCH3 is 2. The van der Waals surface area contributed by atoms with E-state index in [-0.39, 0.29) is 11.3 Å². The minimum absolute atomic E-state index is 0.0204. The monoisotopic (exact) mass is 264 g/mol. The van der Waals surface area contributed by atoms with E-state index < -0.39 is 11.5 Å². The number of H-pyrrole nitrogens is 2. The summed E-state index contributed by atoms with van der Waals surface area (Å²) < 4.78 is 10.2. The Bertz CT molecular complexity index is 671. The summed E-state index contributed by atoms with van der Waals surface area (Å²) in [4.78, 5) is 22.8. The number of ether oxygens (including phenoxy) is 2. The molecule has 7 heteroatoms. The first-order valence-electron chi connectivity index (χ1n) is 5.34. The normalized spacial score (nSPS) is 10.2. The average molecular weight is 264 g/mol. The molecule has 0 amide bonds. The number of carboxylic acids is 1. The third-order valence-corrected chi connectivity index (χ3v) is 2.67. The number of aromatic carboxylic acids is 1. The van der Waals surface area contributed by atoms with Gasteiger partial charge >= 0.3 is 5.97 Å². The van der Waals surface area contributed by atoms with E-state index in [1.54, 1.807) is 18.2 Å². The van der Waals surface area contributed by atoms with Gasteiger partial charge in [0.15, 0.2) is 5.69 Å². The standard InChI is InChI=1S/C12H12N2O5/c1-18-6-3-4-7(8(5-6)19-2)9-10(12(16)17)13-14-11(9)15/h3-5H,1-2H3,(H,16,17)(H2,13,14,15). The number of hydrogen-bond acceptors (Lipinski definition) is 4. The van der Waals surface area contributed by atoms with Gasteiger partial charge in [0.25, 0.3) is 5.56 Å². The number of hydrogen-bond donors (Lipinski definition) is 3. The van der Waals surface area contributed by atoms with Gasteiger partial charge in [0.2, 0.25) is 0 Å². The first kappa shape index (κ1) is 12.7.